The highest BCUT2D eigenvalue weighted by molar-refractivity contribution is 4.39. The van der Waals surface area contributed by atoms with E-state index in [1.807, 2.05) is 0 Å². The lowest BCUT2D eigenvalue weighted by atomic mass is 10.2. The van der Waals surface area contributed by atoms with Crippen LogP contribution >= 0.6 is 0 Å². The van der Waals surface area contributed by atoms with E-state index in [1.54, 1.807) is 0 Å². The third-order valence-electron chi connectivity index (χ3n) is 1.58. The predicted octanol–water partition coefficient (Wildman–Crippen LogP) is 2.40. The van der Waals surface area contributed by atoms with Gasteiger partial charge in [0.1, 0.15) is 0 Å². The van der Waals surface area contributed by atoms with Crippen LogP contribution in [0.3, 0.4) is 0 Å². The van der Waals surface area contributed by atoms with Gasteiger partial charge in [0, 0.05) is 13.2 Å². The Morgan fingerprint density at radius 2 is 1.73 bits per heavy atom. The van der Waals surface area contributed by atoms with Gasteiger partial charge in [0.2, 0.25) is 0 Å². The Kier molecular flexibility index (Phi) is 9.85. The second-order valence-electron chi connectivity index (χ2n) is 2.73. The van der Waals surface area contributed by atoms with Gasteiger partial charge in [0.05, 0.1) is 6.61 Å². The molecule has 0 N–H and O–H groups in total. The van der Waals surface area contributed by atoms with Crippen molar-refractivity contribution in [3.8, 4) is 0 Å². The van der Waals surface area contributed by atoms with Crippen LogP contribution in [-0.2, 0) is 9.84 Å². The Morgan fingerprint density at radius 1 is 1.00 bits per heavy atom. The molecule has 0 saturated carbocycles. The summed E-state index contributed by atoms with van der Waals surface area (Å²) in [5, 5.41) is 10.0. The highest BCUT2D eigenvalue weighted by atomic mass is 16.5. The molecule has 0 spiro atoms. The molecule has 0 saturated heterocycles. The third-order valence-corrected chi connectivity index (χ3v) is 1.58. The van der Waals surface area contributed by atoms with Crippen molar-refractivity contribution in [1.29, 1.82) is 0 Å². The smallest absolute Gasteiger partial charge is 0.0822 e. The maximum absolute atomic E-state index is 10.0. The van der Waals surface area contributed by atoms with Gasteiger partial charge in [-0.25, -0.2) is 5.11 Å². The van der Waals surface area contributed by atoms with Crippen LogP contribution < -0.4 is 0 Å². The fourth-order valence-corrected chi connectivity index (χ4v) is 0.831. The molecule has 1 radical (unpaired) electrons. The molecule has 0 aromatic carbocycles. The summed E-state index contributed by atoms with van der Waals surface area (Å²) >= 11 is 0. The van der Waals surface area contributed by atoms with E-state index in [-0.39, 0.29) is 6.61 Å². The molecule has 0 atom stereocenters. The molecule has 0 aliphatic rings. The second kappa shape index (κ2) is 9.92. The zero-order chi connectivity index (χ0) is 8.36. The monoisotopic (exact) mass is 159 g/mol. The first-order valence-electron chi connectivity index (χ1n) is 4.57. The molecular weight excluding hydrogens is 140 g/mol. The Morgan fingerprint density at radius 3 is 2.36 bits per heavy atom. The molecule has 11 heavy (non-hydrogen) atoms. The van der Waals surface area contributed by atoms with Gasteiger partial charge in [-0.3, -0.25) is 0 Å². The van der Waals surface area contributed by atoms with Gasteiger partial charge in [-0.2, -0.15) is 0 Å². The van der Waals surface area contributed by atoms with Crippen molar-refractivity contribution in [2.75, 3.05) is 19.8 Å². The molecule has 0 bridgehead atoms. The minimum Gasteiger partial charge on any atom is -0.381 e. The molecule has 0 aromatic heterocycles. The van der Waals surface area contributed by atoms with E-state index in [1.165, 1.54) is 6.42 Å². The van der Waals surface area contributed by atoms with Crippen molar-refractivity contribution in [3.05, 3.63) is 0 Å². The van der Waals surface area contributed by atoms with Crippen LogP contribution in [-0.4, -0.2) is 19.8 Å². The summed E-state index contributed by atoms with van der Waals surface area (Å²) in [6.45, 7) is 3.93. The topological polar surface area (TPSA) is 29.1 Å². The molecular formula is C9H19O2. The molecule has 0 rings (SSSR count). The maximum Gasteiger partial charge on any atom is 0.0822 e. The number of hydrogen-bond acceptors (Lipinski definition) is 1. The average Bonchev–Trinajstić information content (AvgIpc) is 2.03. The first-order valence-corrected chi connectivity index (χ1v) is 4.57. The van der Waals surface area contributed by atoms with Crippen LogP contribution in [0, 0.1) is 0 Å². The third kappa shape index (κ3) is 9.92. The largest absolute Gasteiger partial charge is 0.381 e. The molecule has 0 aliphatic carbocycles. The summed E-state index contributed by atoms with van der Waals surface area (Å²) < 4.78 is 5.32. The normalized spacial score (nSPS) is 10.4. The quantitative estimate of drug-likeness (QED) is 0.500. The van der Waals surface area contributed by atoms with Crippen molar-refractivity contribution in [3.63, 3.8) is 0 Å². The fourth-order valence-electron chi connectivity index (χ4n) is 0.831. The van der Waals surface area contributed by atoms with Crippen molar-refractivity contribution in [2.45, 2.75) is 39.0 Å². The molecule has 0 aromatic rings. The Labute approximate surface area is 69.6 Å². The van der Waals surface area contributed by atoms with E-state index in [4.69, 9.17) is 4.74 Å². The summed E-state index contributed by atoms with van der Waals surface area (Å²) in [6.07, 6.45) is 5.22. The number of hydrogen-bond donors (Lipinski definition) is 0. The minimum atomic E-state index is 0.0644. The predicted molar refractivity (Wildman–Crippen MR) is 45.1 cm³/mol. The van der Waals surface area contributed by atoms with Crippen LogP contribution in [0.4, 0.5) is 0 Å². The number of ether oxygens (including phenoxy) is 1. The number of unbranched alkanes of at least 4 members (excludes halogenated alkanes) is 3. The Hall–Kier alpha value is -0.0800. The molecule has 0 heterocycles. The first-order chi connectivity index (χ1) is 5.41. The lowest BCUT2D eigenvalue weighted by Crippen LogP contribution is -1.96. The van der Waals surface area contributed by atoms with Crippen molar-refractivity contribution < 1.29 is 9.84 Å². The van der Waals surface area contributed by atoms with Crippen molar-refractivity contribution in [2.24, 2.45) is 0 Å². The SMILES string of the molecule is CCCCOCCCCC[O]. The standard InChI is InChI=1S/C9H19O2/c1-2-3-8-11-9-6-4-5-7-10/h2-9H2,1H3. The molecule has 0 fully saturated rings. The minimum absolute atomic E-state index is 0.0644. The summed E-state index contributed by atoms with van der Waals surface area (Å²) in [4.78, 5) is 0. The highest BCUT2D eigenvalue weighted by Crippen LogP contribution is 1.96. The summed E-state index contributed by atoms with van der Waals surface area (Å²) in [6, 6.07) is 0. The van der Waals surface area contributed by atoms with E-state index >= 15 is 0 Å². The van der Waals surface area contributed by atoms with E-state index in [9.17, 15) is 5.11 Å². The summed E-state index contributed by atoms with van der Waals surface area (Å²) in [5.74, 6) is 0. The fraction of sp³-hybridized carbons (Fsp3) is 1.00. The average molecular weight is 159 g/mol. The lowest BCUT2D eigenvalue weighted by Gasteiger charge is -2.01. The molecule has 0 aliphatic heterocycles. The van der Waals surface area contributed by atoms with Crippen LogP contribution in [0.5, 0.6) is 0 Å². The zero-order valence-electron chi connectivity index (χ0n) is 7.47. The van der Waals surface area contributed by atoms with E-state index in [0.717, 1.165) is 38.9 Å². The Bertz CT molecular complexity index is 56.6. The molecule has 0 unspecified atom stereocenters. The van der Waals surface area contributed by atoms with Crippen molar-refractivity contribution >= 4 is 0 Å². The van der Waals surface area contributed by atoms with Gasteiger partial charge >= 0.3 is 0 Å². The molecule has 0 amide bonds. The lowest BCUT2D eigenvalue weighted by molar-refractivity contribution is 0.123. The van der Waals surface area contributed by atoms with Gasteiger partial charge < -0.3 is 4.74 Å². The van der Waals surface area contributed by atoms with Gasteiger partial charge in [0.25, 0.3) is 0 Å². The summed E-state index contributed by atoms with van der Waals surface area (Å²) in [7, 11) is 0. The van der Waals surface area contributed by atoms with Crippen LogP contribution in [0.1, 0.15) is 39.0 Å². The van der Waals surface area contributed by atoms with Gasteiger partial charge in [0.15, 0.2) is 0 Å². The van der Waals surface area contributed by atoms with E-state index in [2.05, 4.69) is 6.92 Å². The van der Waals surface area contributed by atoms with Crippen LogP contribution in [0.2, 0.25) is 0 Å². The van der Waals surface area contributed by atoms with Gasteiger partial charge in [-0.15, -0.1) is 0 Å². The van der Waals surface area contributed by atoms with Crippen LogP contribution in [0.25, 0.3) is 0 Å². The molecule has 2 heteroatoms. The van der Waals surface area contributed by atoms with E-state index < -0.39 is 0 Å². The summed E-state index contributed by atoms with van der Waals surface area (Å²) in [5.41, 5.74) is 0. The van der Waals surface area contributed by atoms with Gasteiger partial charge in [-0.1, -0.05) is 13.3 Å². The zero-order valence-corrected chi connectivity index (χ0v) is 7.47. The molecule has 2 nitrogen and oxygen atoms in total. The first kappa shape index (κ1) is 10.9. The maximum atomic E-state index is 10.0. The van der Waals surface area contributed by atoms with Crippen molar-refractivity contribution in [1.82, 2.24) is 0 Å². The second-order valence-corrected chi connectivity index (χ2v) is 2.73. The van der Waals surface area contributed by atoms with E-state index in [0.29, 0.717) is 0 Å². The highest BCUT2D eigenvalue weighted by Gasteiger charge is 1.89. The molecule has 67 valence electrons. The van der Waals surface area contributed by atoms with Crippen LogP contribution in [0.15, 0.2) is 0 Å². The van der Waals surface area contributed by atoms with Gasteiger partial charge in [-0.05, 0) is 25.7 Å². The Balaban J connectivity index is 2.69. The number of rotatable bonds is 8.